The Balaban J connectivity index is 1.96. The summed E-state index contributed by atoms with van der Waals surface area (Å²) in [7, 11) is 3.50. The predicted molar refractivity (Wildman–Crippen MR) is 76.3 cm³/mol. The van der Waals surface area contributed by atoms with Crippen LogP contribution in [0.5, 0.6) is 0 Å². The number of methoxy groups -OCH3 is 1. The highest BCUT2D eigenvalue weighted by Crippen LogP contribution is 2.25. The predicted octanol–water partition coefficient (Wildman–Crippen LogP) is 1.56. The fourth-order valence-electron chi connectivity index (χ4n) is 2.06. The number of hydrogen-bond donors (Lipinski definition) is 2. The summed E-state index contributed by atoms with van der Waals surface area (Å²) in [4.78, 5) is 14.0. The standard InChI is InChI=1S/C14H21N3O2/c1-17(11-4-5-11)8-7-16-13-6-3-10(15)9-12(13)14(18)19-2/h3,6,9,11,16H,4-5,7-8,15H2,1-2H3. The highest BCUT2D eigenvalue weighted by molar-refractivity contribution is 5.96. The van der Waals surface area contributed by atoms with E-state index in [2.05, 4.69) is 17.3 Å². The van der Waals surface area contributed by atoms with Crippen LogP contribution < -0.4 is 11.1 Å². The van der Waals surface area contributed by atoms with Crippen molar-refractivity contribution in [2.45, 2.75) is 18.9 Å². The second kappa shape index (κ2) is 5.93. The van der Waals surface area contributed by atoms with Gasteiger partial charge in [-0.2, -0.15) is 0 Å². The summed E-state index contributed by atoms with van der Waals surface area (Å²) >= 11 is 0. The number of carbonyl (C=O) groups excluding carboxylic acids is 1. The first kappa shape index (κ1) is 13.7. The second-order valence-corrected chi connectivity index (χ2v) is 4.94. The van der Waals surface area contributed by atoms with Crippen LogP contribution in [-0.2, 0) is 4.74 Å². The average molecular weight is 263 g/mol. The van der Waals surface area contributed by atoms with E-state index in [1.807, 2.05) is 6.07 Å². The van der Waals surface area contributed by atoms with E-state index in [1.165, 1.54) is 20.0 Å². The lowest BCUT2D eigenvalue weighted by atomic mass is 10.1. The maximum absolute atomic E-state index is 11.7. The molecule has 0 spiro atoms. The van der Waals surface area contributed by atoms with Crippen LogP contribution in [0.3, 0.4) is 0 Å². The van der Waals surface area contributed by atoms with Gasteiger partial charge in [-0.3, -0.25) is 0 Å². The van der Waals surface area contributed by atoms with Crippen molar-refractivity contribution in [2.75, 3.05) is 38.3 Å². The highest BCUT2D eigenvalue weighted by atomic mass is 16.5. The van der Waals surface area contributed by atoms with Crippen LogP contribution >= 0.6 is 0 Å². The molecule has 2 rings (SSSR count). The molecule has 0 unspecified atom stereocenters. The van der Waals surface area contributed by atoms with Crippen molar-refractivity contribution in [1.82, 2.24) is 4.90 Å². The van der Waals surface area contributed by atoms with Gasteiger partial charge in [-0.05, 0) is 38.1 Å². The molecule has 19 heavy (non-hydrogen) atoms. The van der Waals surface area contributed by atoms with E-state index in [0.29, 0.717) is 11.3 Å². The maximum atomic E-state index is 11.7. The first-order valence-electron chi connectivity index (χ1n) is 6.53. The molecule has 1 saturated carbocycles. The monoisotopic (exact) mass is 263 g/mol. The number of hydrogen-bond acceptors (Lipinski definition) is 5. The Labute approximate surface area is 113 Å². The number of nitrogen functional groups attached to an aromatic ring is 1. The zero-order valence-electron chi connectivity index (χ0n) is 11.5. The quantitative estimate of drug-likeness (QED) is 0.602. The molecule has 1 aliphatic carbocycles. The molecule has 104 valence electrons. The maximum Gasteiger partial charge on any atom is 0.340 e. The SMILES string of the molecule is COC(=O)c1cc(N)ccc1NCCN(C)C1CC1. The number of benzene rings is 1. The number of carbonyl (C=O) groups is 1. The van der Waals surface area contributed by atoms with E-state index in [1.54, 1.807) is 12.1 Å². The van der Waals surface area contributed by atoms with Crippen LogP contribution in [0.2, 0.25) is 0 Å². The van der Waals surface area contributed by atoms with Gasteiger partial charge in [0.1, 0.15) is 0 Å². The third kappa shape index (κ3) is 3.61. The zero-order chi connectivity index (χ0) is 13.8. The minimum atomic E-state index is -0.370. The van der Waals surface area contributed by atoms with E-state index in [-0.39, 0.29) is 5.97 Å². The van der Waals surface area contributed by atoms with E-state index in [9.17, 15) is 4.79 Å². The summed E-state index contributed by atoms with van der Waals surface area (Å²) in [5, 5.41) is 3.27. The van der Waals surface area contributed by atoms with E-state index in [0.717, 1.165) is 24.8 Å². The molecule has 0 heterocycles. The smallest absolute Gasteiger partial charge is 0.340 e. The highest BCUT2D eigenvalue weighted by Gasteiger charge is 2.25. The van der Waals surface area contributed by atoms with Crippen molar-refractivity contribution in [2.24, 2.45) is 0 Å². The lowest BCUT2D eigenvalue weighted by Crippen LogP contribution is -2.27. The Bertz CT molecular complexity index is 458. The molecule has 5 heteroatoms. The summed E-state index contributed by atoms with van der Waals surface area (Å²) in [6.45, 7) is 1.75. The molecule has 1 aliphatic rings. The molecule has 0 radical (unpaired) electrons. The molecule has 1 fully saturated rings. The number of nitrogens with zero attached hydrogens (tertiary/aromatic N) is 1. The molecule has 0 saturated heterocycles. The number of esters is 1. The van der Waals surface area contributed by atoms with Crippen LogP contribution in [-0.4, -0.2) is 44.2 Å². The fourth-order valence-corrected chi connectivity index (χ4v) is 2.06. The number of rotatable bonds is 6. The molecule has 0 bridgehead atoms. The molecule has 5 nitrogen and oxygen atoms in total. The Kier molecular flexibility index (Phi) is 4.27. The van der Waals surface area contributed by atoms with Crippen molar-refractivity contribution in [3.63, 3.8) is 0 Å². The van der Waals surface area contributed by atoms with Crippen LogP contribution in [0.4, 0.5) is 11.4 Å². The summed E-state index contributed by atoms with van der Waals surface area (Å²) in [5.41, 5.74) is 7.51. The first-order chi connectivity index (χ1) is 9.11. The van der Waals surface area contributed by atoms with Gasteiger partial charge in [0.2, 0.25) is 0 Å². The minimum absolute atomic E-state index is 0.370. The molecule has 0 amide bonds. The fraction of sp³-hybridized carbons (Fsp3) is 0.500. The zero-order valence-corrected chi connectivity index (χ0v) is 11.5. The van der Waals surface area contributed by atoms with Crippen molar-refractivity contribution < 1.29 is 9.53 Å². The third-order valence-electron chi connectivity index (χ3n) is 3.40. The van der Waals surface area contributed by atoms with Gasteiger partial charge in [-0.15, -0.1) is 0 Å². The largest absolute Gasteiger partial charge is 0.465 e. The first-order valence-corrected chi connectivity index (χ1v) is 6.53. The lowest BCUT2D eigenvalue weighted by molar-refractivity contribution is 0.0602. The van der Waals surface area contributed by atoms with Crippen molar-refractivity contribution >= 4 is 17.3 Å². The van der Waals surface area contributed by atoms with Gasteiger partial charge in [0.25, 0.3) is 0 Å². The molecule has 1 aromatic carbocycles. The van der Waals surface area contributed by atoms with Crippen LogP contribution in [0.25, 0.3) is 0 Å². The van der Waals surface area contributed by atoms with Crippen molar-refractivity contribution in [3.8, 4) is 0 Å². The van der Waals surface area contributed by atoms with Gasteiger partial charge in [-0.1, -0.05) is 0 Å². The Morgan fingerprint density at radius 1 is 1.53 bits per heavy atom. The van der Waals surface area contributed by atoms with Gasteiger partial charge in [0.15, 0.2) is 0 Å². The average Bonchev–Trinajstić information content (AvgIpc) is 3.23. The number of anilines is 2. The Morgan fingerprint density at radius 3 is 2.89 bits per heavy atom. The summed E-state index contributed by atoms with van der Waals surface area (Å²) < 4.78 is 4.76. The third-order valence-corrected chi connectivity index (χ3v) is 3.40. The summed E-state index contributed by atoms with van der Waals surface area (Å²) in [6.07, 6.45) is 2.59. The topological polar surface area (TPSA) is 67.6 Å². The van der Waals surface area contributed by atoms with Crippen LogP contribution in [0.15, 0.2) is 18.2 Å². The number of ether oxygens (including phenoxy) is 1. The summed E-state index contributed by atoms with van der Waals surface area (Å²) in [6, 6.07) is 5.98. The van der Waals surface area contributed by atoms with Crippen LogP contribution in [0, 0.1) is 0 Å². The number of likely N-dealkylation sites (N-methyl/N-ethyl adjacent to an activating group) is 1. The molecular weight excluding hydrogens is 242 g/mol. The van der Waals surface area contributed by atoms with Gasteiger partial charge in [0.05, 0.1) is 12.7 Å². The van der Waals surface area contributed by atoms with E-state index >= 15 is 0 Å². The molecule has 0 aliphatic heterocycles. The van der Waals surface area contributed by atoms with Gasteiger partial charge < -0.3 is 20.7 Å². The Morgan fingerprint density at radius 2 is 2.26 bits per heavy atom. The number of nitrogens with two attached hydrogens (primary N) is 1. The lowest BCUT2D eigenvalue weighted by Gasteiger charge is -2.17. The normalized spacial score (nSPS) is 14.5. The molecule has 3 N–H and O–H groups in total. The van der Waals surface area contributed by atoms with Crippen molar-refractivity contribution in [1.29, 1.82) is 0 Å². The van der Waals surface area contributed by atoms with Gasteiger partial charge in [0, 0.05) is 30.5 Å². The summed E-state index contributed by atoms with van der Waals surface area (Å²) in [5.74, 6) is -0.370. The molecular formula is C14H21N3O2. The molecule has 1 aromatic rings. The minimum Gasteiger partial charge on any atom is -0.465 e. The number of nitrogens with one attached hydrogen (secondary N) is 1. The van der Waals surface area contributed by atoms with E-state index < -0.39 is 0 Å². The van der Waals surface area contributed by atoms with E-state index in [4.69, 9.17) is 10.5 Å². The molecule has 0 aromatic heterocycles. The Hall–Kier alpha value is -1.75. The van der Waals surface area contributed by atoms with Gasteiger partial charge >= 0.3 is 5.97 Å². The molecule has 0 atom stereocenters. The second-order valence-electron chi connectivity index (χ2n) is 4.94. The van der Waals surface area contributed by atoms with Gasteiger partial charge in [-0.25, -0.2) is 4.79 Å². The van der Waals surface area contributed by atoms with Crippen molar-refractivity contribution in [3.05, 3.63) is 23.8 Å². The van der Waals surface area contributed by atoms with Crippen LogP contribution in [0.1, 0.15) is 23.2 Å².